The lowest BCUT2D eigenvalue weighted by molar-refractivity contribution is -0.0523. The number of rotatable bonds is 4. The molecular formula is C10H10F3NO2S. The molecule has 1 aromatic rings. The number of hydrogen-bond donors (Lipinski definition) is 1. The topological polar surface area (TPSA) is 44.5 Å². The number of hydrogen-bond acceptors (Lipinski definition) is 4. The Kier molecular flexibility index (Phi) is 3.68. The Morgan fingerprint density at radius 1 is 1.41 bits per heavy atom. The van der Waals surface area contributed by atoms with Crippen molar-refractivity contribution in [1.82, 2.24) is 0 Å². The van der Waals surface area contributed by atoms with Crippen molar-refractivity contribution in [2.75, 3.05) is 18.9 Å². The summed E-state index contributed by atoms with van der Waals surface area (Å²) < 4.78 is 46.3. The molecule has 0 saturated carbocycles. The zero-order valence-electron chi connectivity index (χ0n) is 8.66. The van der Waals surface area contributed by atoms with Crippen molar-refractivity contribution in [3.05, 3.63) is 17.9 Å². The predicted molar refractivity (Wildman–Crippen MR) is 57.9 cm³/mol. The lowest BCUT2D eigenvalue weighted by atomic mass is 10.3. The Morgan fingerprint density at radius 2 is 2.12 bits per heavy atom. The van der Waals surface area contributed by atoms with E-state index in [1.807, 2.05) is 0 Å². The Hall–Kier alpha value is -1.08. The molecule has 1 aliphatic rings. The summed E-state index contributed by atoms with van der Waals surface area (Å²) in [5.41, 5.74) is 5.81. The molecule has 1 saturated heterocycles. The highest BCUT2D eigenvalue weighted by Crippen LogP contribution is 2.36. The van der Waals surface area contributed by atoms with E-state index in [1.165, 1.54) is 17.8 Å². The van der Waals surface area contributed by atoms with Crippen LogP contribution in [0.15, 0.2) is 17.0 Å². The van der Waals surface area contributed by atoms with Gasteiger partial charge in [0.1, 0.15) is 0 Å². The minimum absolute atomic E-state index is 0.209. The van der Waals surface area contributed by atoms with Gasteiger partial charge in [-0.25, -0.2) is 4.39 Å². The molecule has 1 aliphatic heterocycles. The van der Waals surface area contributed by atoms with Crippen molar-refractivity contribution in [2.45, 2.75) is 16.8 Å². The van der Waals surface area contributed by atoms with Gasteiger partial charge in [0.05, 0.1) is 18.5 Å². The summed E-state index contributed by atoms with van der Waals surface area (Å²) >= 11 is 1.37. The highest BCUT2D eigenvalue weighted by molar-refractivity contribution is 8.00. The third-order valence-corrected chi connectivity index (χ3v) is 3.39. The molecule has 1 fully saturated rings. The number of halogens is 3. The number of ether oxygens (including phenoxy) is 2. The molecule has 2 N–H and O–H groups in total. The number of nitrogen functional groups attached to an aromatic ring is 1. The van der Waals surface area contributed by atoms with Gasteiger partial charge in [0.2, 0.25) is 0 Å². The summed E-state index contributed by atoms with van der Waals surface area (Å²) in [5.74, 6) is -1.38. The van der Waals surface area contributed by atoms with Gasteiger partial charge in [-0.1, -0.05) is 0 Å². The highest BCUT2D eigenvalue weighted by atomic mass is 32.2. The molecule has 3 nitrogen and oxygen atoms in total. The molecule has 0 amide bonds. The van der Waals surface area contributed by atoms with E-state index in [9.17, 15) is 13.2 Å². The van der Waals surface area contributed by atoms with Crippen molar-refractivity contribution >= 4 is 17.4 Å². The number of thioether (sulfide) groups is 1. The van der Waals surface area contributed by atoms with Gasteiger partial charge in [-0.15, -0.1) is 11.8 Å². The van der Waals surface area contributed by atoms with E-state index in [-0.39, 0.29) is 10.9 Å². The first-order valence-electron chi connectivity index (χ1n) is 4.84. The van der Waals surface area contributed by atoms with E-state index in [0.29, 0.717) is 18.1 Å². The molecule has 1 aromatic carbocycles. The van der Waals surface area contributed by atoms with E-state index in [4.69, 9.17) is 10.5 Å². The molecule has 0 bridgehead atoms. The van der Waals surface area contributed by atoms with Crippen LogP contribution in [0.25, 0.3) is 0 Å². The van der Waals surface area contributed by atoms with Crippen LogP contribution in [0.5, 0.6) is 5.75 Å². The van der Waals surface area contributed by atoms with Crippen molar-refractivity contribution in [1.29, 1.82) is 0 Å². The summed E-state index contributed by atoms with van der Waals surface area (Å²) in [7, 11) is 0. The first-order valence-corrected chi connectivity index (χ1v) is 5.72. The van der Waals surface area contributed by atoms with E-state index in [2.05, 4.69) is 4.74 Å². The van der Waals surface area contributed by atoms with Gasteiger partial charge >= 0.3 is 6.61 Å². The molecule has 0 aliphatic carbocycles. The zero-order valence-corrected chi connectivity index (χ0v) is 9.48. The minimum Gasteiger partial charge on any atom is -0.432 e. The molecule has 17 heavy (non-hydrogen) atoms. The average molecular weight is 265 g/mol. The second kappa shape index (κ2) is 5.05. The fourth-order valence-electron chi connectivity index (χ4n) is 1.30. The normalized spacial score (nSPS) is 16.0. The number of nitrogens with two attached hydrogens (primary N) is 1. The molecule has 7 heteroatoms. The Morgan fingerprint density at radius 3 is 2.65 bits per heavy atom. The largest absolute Gasteiger partial charge is 0.432 e. The maximum absolute atomic E-state index is 13.3. The van der Waals surface area contributed by atoms with Crippen molar-refractivity contribution in [3.63, 3.8) is 0 Å². The van der Waals surface area contributed by atoms with Crippen LogP contribution in [0.4, 0.5) is 18.9 Å². The van der Waals surface area contributed by atoms with E-state index < -0.39 is 18.2 Å². The van der Waals surface area contributed by atoms with Crippen LogP contribution in [0.1, 0.15) is 0 Å². The molecule has 0 unspecified atom stereocenters. The fraction of sp³-hybridized carbons (Fsp3) is 0.400. The van der Waals surface area contributed by atoms with E-state index in [1.54, 1.807) is 0 Å². The van der Waals surface area contributed by atoms with Gasteiger partial charge in [0.15, 0.2) is 11.6 Å². The van der Waals surface area contributed by atoms with Crippen LogP contribution in [-0.4, -0.2) is 25.1 Å². The fourth-order valence-corrected chi connectivity index (χ4v) is 2.36. The van der Waals surface area contributed by atoms with Gasteiger partial charge in [-0.3, -0.25) is 0 Å². The Bertz CT molecular complexity index is 413. The van der Waals surface area contributed by atoms with Crippen molar-refractivity contribution in [3.8, 4) is 5.75 Å². The SMILES string of the molecule is Nc1cc(F)c(OC(F)F)cc1SC1COC1. The first-order chi connectivity index (χ1) is 8.06. The lowest BCUT2D eigenvalue weighted by Gasteiger charge is -2.25. The molecule has 2 rings (SSSR count). The van der Waals surface area contributed by atoms with Crippen molar-refractivity contribution < 1.29 is 22.6 Å². The molecule has 0 radical (unpaired) electrons. The summed E-state index contributed by atoms with van der Waals surface area (Å²) in [6.07, 6.45) is 0. The zero-order chi connectivity index (χ0) is 12.4. The summed E-state index contributed by atoms with van der Waals surface area (Å²) in [5, 5.41) is 0.224. The third-order valence-electron chi connectivity index (χ3n) is 2.18. The maximum Gasteiger partial charge on any atom is 0.387 e. The first kappa shape index (κ1) is 12.4. The second-order valence-corrected chi connectivity index (χ2v) is 4.82. The highest BCUT2D eigenvalue weighted by Gasteiger charge is 2.22. The summed E-state index contributed by atoms with van der Waals surface area (Å²) in [4.78, 5) is 0.523. The quantitative estimate of drug-likeness (QED) is 0.849. The number of alkyl halides is 2. The Labute approximate surface area is 100 Å². The van der Waals surface area contributed by atoms with Crippen LogP contribution in [0.3, 0.4) is 0 Å². The van der Waals surface area contributed by atoms with Crippen LogP contribution in [0.2, 0.25) is 0 Å². The van der Waals surface area contributed by atoms with Crippen LogP contribution < -0.4 is 10.5 Å². The van der Waals surface area contributed by atoms with E-state index >= 15 is 0 Å². The van der Waals surface area contributed by atoms with Crippen molar-refractivity contribution in [2.24, 2.45) is 0 Å². The van der Waals surface area contributed by atoms with Gasteiger partial charge < -0.3 is 15.2 Å². The van der Waals surface area contributed by atoms with Gasteiger partial charge in [0, 0.05) is 16.6 Å². The molecule has 0 spiro atoms. The van der Waals surface area contributed by atoms with Crippen LogP contribution in [0, 0.1) is 5.82 Å². The van der Waals surface area contributed by atoms with Gasteiger partial charge in [-0.05, 0) is 6.07 Å². The molecule has 0 atom stereocenters. The molecule has 0 aromatic heterocycles. The predicted octanol–water partition coefficient (Wildman–Crippen LogP) is 2.50. The number of anilines is 1. The van der Waals surface area contributed by atoms with E-state index in [0.717, 1.165) is 6.07 Å². The number of benzene rings is 1. The average Bonchev–Trinajstić information content (AvgIpc) is 2.17. The molecule has 1 heterocycles. The third kappa shape index (κ3) is 2.98. The smallest absolute Gasteiger partial charge is 0.387 e. The standard InChI is InChI=1S/C10H10F3NO2S/c11-6-1-7(14)9(17-5-3-15-4-5)2-8(6)16-10(12)13/h1-2,5,10H,3-4,14H2. The second-order valence-electron chi connectivity index (χ2n) is 3.48. The summed E-state index contributed by atoms with van der Waals surface area (Å²) in [6.45, 7) is -1.91. The molecular weight excluding hydrogens is 255 g/mol. The lowest BCUT2D eigenvalue weighted by Crippen LogP contribution is -2.30. The molecule has 94 valence electrons. The van der Waals surface area contributed by atoms with Crippen LogP contribution in [-0.2, 0) is 4.74 Å². The minimum atomic E-state index is -3.06. The monoisotopic (exact) mass is 265 g/mol. The summed E-state index contributed by atoms with van der Waals surface area (Å²) in [6, 6.07) is 2.18. The van der Waals surface area contributed by atoms with Crippen LogP contribution >= 0.6 is 11.8 Å². The van der Waals surface area contributed by atoms with Gasteiger partial charge in [-0.2, -0.15) is 8.78 Å². The maximum atomic E-state index is 13.3. The van der Waals surface area contributed by atoms with Gasteiger partial charge in [0.25, 0.3) is 0 Å². The Balaban J connectivity index is 2.18.